The molecule has 0 aromatic carbocycles. The molecule has 0 saturated carbocycles. The SMILES string of the molecule is CCCC(N)C(CO)Sc1nncn1C. The number of aryl methyl sites for hydroxylation is 1. The number of hydrogen-bond donors (Lipinski definition) is 2. The highest BCUT2D eigenvalue weighted by molar-refractivity contribution is 7.99. The summed E-state index contributed by atoms with van der Waals surface area (Å²) in [6.45, 7) is 2.15. The van der Waals surface area contributed by atoms with E-state index in [1.165, 1.54) is 11.8 Å². The predicted molar refractivity (Wildman–Crippen MR) is 60.6 cm³/mol. The van der Waals surface area contributed by atoms with Crippen molar-refractivity contribution in [2.24, 2.45) is 12.8 Å². The summed E-state index contributed by atoms with van der Waals surface area (Å²) in [5, 5.41) is 17.8. The molecule has 2 atom stereocenters. The van der Waals surface area contributed by atoms with Crippen molar-refractivity contribution in [3.05, 3.63) is 6.33 Å². The van der Waals surface area contributed by atoms with E-state index in [1.807, 2.05) is 11.6 Å². The fourth-order valence-electron chi connectivity index (χ4n) is 1.29. The fourth-order valence-corrected chi connectivity index (χ4v) is 2.26. The third-order valence-electron chi connectivity index (χ3n) is 2.21. The molecule has 3 N–H and O–H groups in total. The van der Waals surface area contributed by atoms with E-state index in [2.05, 4.69) is 17.1 Å². The Kier molecular flexibility index (Phi) is 5.07. The molecule has 1 heterocycles. The van der Waals surface area contributed by atoms with E-state index in [9.17, 15) is 5.11 Å². The summed E-state index contributed by atoms with van der Waals surface area (Å²) < 4.78 is 1.83. The van der Waals surface area contributed by atoms with E-state index in [1.54, 1.807) is 6.33 Å². The van der Waals surface area contributed by atoms with Gasteiger partial charge in [-0.2, -0.15) is 0 Å². The normalized spacial score (nSPS) is 15.2. The first-order valence-corrected chi connectivity index (χ1v) is 5.94. The highest BCUT2D eigenvalue weighted by Crippen LogP contribution is 2.23. The van der Waals surface area contributed by atoms with Crippen LogP contribution in [-0.4, -0.2) is 37.8 Å². The zero-order valence-electron chi connectivity index (χ0n) is 9.13. The zero-order chi connectivity index (χ0) is 11.3. The molecular weight excluding hydrogens is 212 g/mol. The molecule has 0 radical (unpaired) electrons. The molecule has 0 aliphatic carbocycles. The first-order valence-electron chi connectivity index (χ1n) is 5.06. The summed E-state index contributed by atoms with van der Waals surface area (Å²) in [6, 6.07) is 0.00157. The second-order valence-corrected chi connectivity index (χ2v) is 4.72. The highest BCUT2D eigenvalue weighted by Gasteiger charge is 2.19. The Morgan fingerprint density at radius 1 is 1.67 bits per heavy atom. The van der Waals surface area contributed by atoms with Crippen molar-refractivity contribution < 1.29 is 5.11 Å². The average Bonchev–Trinajstić information content (AvgIpc) is 2.61. The van der Waals surface area contributed by atoms with Crippen LogP contribution in [-0.2, 0) is 7.05 Å². The standard InChI is InChI=1S/C9H18N4OS/c1-3-4-7(10)8(5-14)15-9-12-11-6-13(9)2/h6-8,14H,3-5,10H2,1-2H3. The minimum atomic E-state index is -0.00662. The van der Waals surface area contributed by atoms with Gasteiger partial charge in [0.15, 0.2) is 5.16 Å². The molecule has 0 bridgehead atoms. The van der Waals surface area contributed by atoms with Gasteiger partial charge in [-0.1, -0.05) is 25.1 Å². The molecule has 0 spiro atoms. The Labute approximate surface area is 94.1 Å². The Morgan fingerprint density at radius 2 is 2.40 bits per heavy atom. The number of rotatable bonds is 6. The highest BCUT2D eigenvalue weighted by atomic mass is 32.2. The van der Waals surface area contributed by atoms with Crippen molar-refractivity contribution in [3.63, 3.8) is 0 Å². The topological polar surface area (TPSA) is 77.0 Å². The van der Waals surface area contributed by atoms with Gasteiger partial charge in [0.05, 0.1) is 11.9 Å². The van der Waals surface area contributed by atoms with Crippen molar-refractivity contribution >= 4 is 11.8 Å². The Bertz CT molecular complexity index is 291. The molecule has 0 aliphatic heterocycles. The van der Waals surface area contributed by atoms with E-state index in [-0.39, 0.29) is 17.9 Å². The lowest BCUT2D eigenvalue weighted by atomic mass is 10.1. The Balaban J connectivity index is 2.57. The number of aromatic nitrogens is 3. The third kappa shape index (κ3) is 3.48. The van der Waals surface area contributed by atoms with Gasteiger partial charge in [0.25, 0.3) is 0 Å². The summed E-state index contributed by atoms with van der Waals surface area (Å²) in [6.07, 6.45) is 3.58. The van der Waals surface area contributed by atoms with Gasteiger partial charge < -0.3 is 15.4 Å². The summed E-state index contributed by atoms with van der Waals surface area (Å²) >= 11 is 1.48. The van der Waals surface area contributed by atoms with Crippen LogP contribution in [0.3, 0.4) is 0 Å². The molecule has 5 nitrogen and oxygen atoms in total. The molecule has 86 valence electrons. The van der Waals surface area contributed by atoms with Crippen LogP contribution in [0.5, 0.6) is 0 Å². The maximum Gasteiger partial charge on any atom is 0.191 e. The number of nitrogens with two attached hydrogens (primary N) is 1. The second-order valence-electron chi connectivity index (χ2n) is 3.52. The molecule has 6 heteroatoms. The largest absolute Gasteiger partial charge is 0.395 e. The first kappa shape index (κ1) is 12.5. The van der Waals surface area contributed by atoms with E-state index in [0.29, 0.717) is 0 Å². The summed E-state index contributed by atoms with van der Waals surface area (Å²) in [5.74, 6) is 0. The maximum atomic E-state index is 9.25. The van der Waals surface area contributed by atoms with E-state index < -0.39 is 0 Å². The van der Waals surface area contributed by atoms with Gasteiger partial charge in [-0.05, 0) is 6.42 Å². The van der Waals surface area contributed by atoms with Gasteiger partial charge in [-0.3, -0.25) is 0 Å². The Morgan fingerprint density at radius 3 is 2.87 bits per heavy atom. The lowest BCUT2D eigenvalue weighted by Gasteiger charge is -2.19. The van der Waals surface area contributed by atoms with Gasteiger partial charge in [0, 0.05) is 13.1 Å². The quantitative estimate of drug-likeness (QED) is 0.692. The van der Waals surface area contributed by atoms with Gasteiger partial charge >= 0.3 is 0 Å². The minimum Gasteiger partial charge on any atom is -0.395 e. The molecule has 1 aromatic heterocycles. The van der Waals surface area contributed by atoms with Crippen LogP contribution in [0.25, 0.3) is 0 Å². The molecule has 15 heavy (non-hydrogen) atoms. The van der Waals surface area contributed by atoms with Crippen LogP contribution in [0.1, 0.15) is 19.8 Å². The monoisotopic (exact) mass is 230 g/mol. The fraction of sp³-hybridized carbons (Fsp3) is 0.778. The number of nitrogens with zero attached hydrogens (tertiary/aromatic N) is 3. The van der Waals surface area contributed by atoms with Gasteiger partial charge in [0.1, 0.15) is 6.33 Å². The zero-order valence-corrected chi connectivity index (χ0v) is 9.94. The van der Waals surface area contributed by atoms with Crippen LogP contribution in [0.15, 0.2) is 11.5 Å². The number of aliphatic hydroxyl groups is 1. The van der Waals surface area contributed by atoms with Crippen LogP contribution >= 0.6 is 11.8 Å². The van der Waals surface area contributed by atoms with Crippen molar-refractivity contribution in [1.29, 1.82) is 0 Å². The molecule has 0 saturated heterocycles. The van der Waals surface area contributed by atoms with Gasteiger partial charge in [0.2, 0.25) is 0 Å². The van der Waals surface area contributed by atoms with Crippen LogP contribution in [0, 0.1) is 0 Å². The third-order valence-corrected chi connectivity index (χ3v) is 3.59. The second kappa shape index (κ2) is 6.09. The number of thioether (sulfide) groups is 1. The average molecular weight is 230 g/mol. The van der Waals surface area contributed by atoms with Crippen molar-refractivity contribution in [2.45, 2.75) is 36.2 Å². The molecule has 1 aromatic rings. The van der Waals surface area contributed by atoms with Crippen LogP contribution < -0.4 is 5.73 Å². The summed E-state index contributed by atoms with van der Waals surface area (Å²) in [5.41, 5.74) is 5.97. The molecular formula is C9H18N4OS. The minimum absolute atomic E-state index is 0.00157. The van der Waals surface area contributed by atoms with Crippen molar-refractivity contribution in [2.75, 3.05) is 6.61 Å². The lowest BCUT2D eigenvalue weighted by molar-refractivity contribution is 0.279. The molecule has 0 aliphatic rings. The van der Waals surface area contributed by atoms with Gasteiger partial charge in [-0.25, -0.2) is 0 Å². The van der Waals surface area contributed by atoms with E-state index in [4.69, 9.17) is 5.73 Å². The first-order chi connectivity index (χ1) is 7.19. The molecule has 0 amide bonds. The predicted octanol–water partition coefficient (Wildman–Crippen LogP) is 0.395. The lowest BCUT2D eigenvalue weighted by Crippen LogP contribution is -2.35. The van der Waals surface area contributed by atoms with Crippen molar-refractivity contribution in [3.8, 4) is 0 Å². The van der Waals surface area contributed by atoms with E-state index in [0.717, 1.165) is 18.0 Å². The van der Waals surface area contributed by atoms with Crippen LogP contribution in [0.4, 0.5) is 0 Å². The molecule has 0 fully saturated rings. The number of aliphatic hydroxyl groups excluding tert-OH is 1. The molecule has 1 rings (SSSR count). The van der Waals surface area contributed by atoms with Crippen LogP contribution in [0.2, 0.25) is 0 Å². The van der Waals surface area contributed by atoms with Gasteiger partial charge in [-0.15, -0.1) is 10.2 Å². The van der Waals surface area contributed by atoms with Crippen molar-refractivity contribution in [1.82, 2.24) is 14.8 Å². The van der Waals surface area contributed by atoms with E-state index >= 15 is 0 Å². The summed E-state index contributed by atoms with van der Waals surface area (Å²) in [4.78, 5) is 0. The Hall–Kier alpha value is -0.590. The summed E-state index contributed by atoms with van der Waals surface area (Å²) in [7, 11) is 1.88. The number of hydrogen-bond acceptors (Lipinski definition) is 5. The molecule has 2 unspecified atom stereocenters. The smallest absolute Gasteiger partial charge is 0.191 e. The maximum absolute atomic E-state index is 9.25.